The number of fused-ring (bicyclic) bond motifs is 2. The van der Waals surface area contributed by atoms with Gasteiger partial charge in [0.1, 0.15) is 16.7 Å². The van der Waals surface area contributed by atoms with Gasteiger partial charge in [0.15, 0.2) is 0 Å². The maximum absolute atomic E-state index is 12.2. The number of thioether (sulfide) groups is 1. The second-order valence-corrected chi connectivity index (χ2v) is 7.03. The van der Waals surface area contributed by atoms with Crippen molar-refractivity contribution < 1.29 is 0 Å². The van der Waals surface area contributed by atoms with Crippen LogP contribution in [0.2, 0.25) is 0 Å². The standard InChI is InChI=1S/C19H16N4OS/c20-11-14-9-13-5-1-2-6-16(13)22-19(14)25-12-15-10-18(24)23-8-4-3-7-17(23)21-15/h3-4,7-10H,1-2,5-6,12H2. The summed E-state index contributed by atoms with van der Waals surface area (Å²) >= 11 is 1.47. The zero-order valence-electron chi connectivity index (χ0n) is 13.6. The van der Waals surface area contributed by atoms with E-state index in [1.165, 1.54) is 21.7 Å². The van der Waals surface area contributed by atoms with Gasteiger partial charge in [-0.1, -0.05) is 17.8 Å². The molecule has 3 heterocycles. The van der Waals surface area contributed by atoms with Crippen LogP contribution in [0.4, 0.5) is 0 Å². The summed E-state index contributed by atoms with van der Waals surface area (Å²) in [7, 11) is 0. The first kappa shape index (κ1) is 15.9. The Morgan fingerprint density at radius 2 is 2.08 bits per heavy atom. The molecule has 0 radical (unpaired) electrons. The molecule has 6 heteroatoms. The van der Waals surface area contributed by atoms with Crippen molar-refractivity contribution in [2.75, 3.05) is 0 Å². The predicted octanol–water partition coefficient (Wildman–Crippen LogP) is 3.13. The lowest BCUT2D eigenvalue weighted by molar-refractivity contribution is 0.660. The summed E-state index contributed by atoms with van der Waals surface area (Å²) in [5.41, 5.74) is 4.16. The highest BCUT2D eigenvalue weighted by atomic mass is 32.2. The van der Waals surface area contributed by atoms with Gasteiger partial charge in [-0.05, 0) is 49.4 Å². The predicted molar refractivity (Wildman–Crippen MR) is 96.6 cm³/mol. The quantitative estimate of drug-likeness (QED) is 0.680. The molecule has 0 fully saturated rings. The Balaban J connectivity index is 1.63. The number of nitrogens with zero attached hydrogens (tertiary/aromatic N) is 4. The lowest BCUT2D eigenvalue weighted by Gasteiger charge is -2.16. The van der Waals surface area contributed by atoms with Crippen LogP contribution in [-0.2, 0) is 18.6 Å². The normalized spacial score (nSPS) is 13.4. The summed E-state index contributed by atoms with van der Waals surface area (Å²) < 4.78 is 1.52. The summed E-state index contributed by atoms with van der Waals surface area (Å²) in [4.78, 5) is 21.4. The van der Waals surface area contributed by atoms with Gasteiger partial charge >= 0.3 is 0 Å². The van der Waals surface area contributed by atoms with Crippen LogP contribution < -0.4 is 5.56 Å². The summed E-state index contributed by atoms with van der Waals surface area (Å²) in [5.74, 6) is 0.515. The molecule has 0 spiro atoms. The van der Waals surface area contributed by atoms with Crippen molar-refractivity contribution in [1.82, 2.24) is 14.4 Å². The third-order valence-corrected chi connectivity index (χ3v) is 5.39. The summed E-state index contributed by atoms with van der Waals surface area (Å²) in [6, 6.07) is 11.3. The molecule has 3 aromatic rings. The third kappa shape index (κ3) is 3.15. The Morgan fingerprint density at radius 3 is 2.96 bits per heavy atom. The number of hydrogen-bond donors (Lipinski definition) is 0. The molecule has 1 aliphatic carbocycles. The molecular weight excluding hydrogens is 332 g/mol. The molecule has 0 saturated carbocycles. The summed E-state index contributed by atoms with van der Waals surface area (Å²) in [6.45, 7) is 0. The van der Waals surface area contributed by atoms with E-state index in [2.05, 4.69) is 11.1 Å². The molecule has 4 rings (SSSR count). The molecule has 0 bridgehead atoms. The molecule has 0 N–H and O–H groups in total. The minimum atomic E-state index is -0.0971. The van der Waals surface area contributed by atoms with Crippen molar-refractivity contribution in [2.45, 2.75) is 36.5 Å². The first-order chi connectivity index (χ1) is 12.2. The van der Waals surface area contributed by atoms with E-state index in [-0.39, 0.29) is 5.56 Å². The Labute approximate surface area is 149 Å². The van der Waals surface area contributed by atoms with Crippen LogP contribution in [-0.4, -0.2) is 14.4 Å². The third-order valence-electron chi connectivity index (χ3n) is 4.37. The van der Waals surface area contributed by atoms with E-state index in [1.807, 2.05) is 18.2 Å². The minimum Gasteiger partial charge on any atom is -0.269 e. The number of pyridine rings is 2. The number of aryl methyl sites for hydroxylation is 2. The van der Waals surface area contributed by atoms with E-state index in [4.69, 9.17) is 4.98 Å². The molecule has 0 atom stereocenters. The Hall–Kier alpha value is -2.65. The Kier molecular flexibility index (Phi) is 4.24. The summed E-state index contributed by atoms with van der Waals surface area (Å²) in [5, 5.41) is 10.2. The zero-order valence-corrected chi connectivity index (χ0v) is 14.4. The molecular formula is C19H16N4OS. The van der Waals surface area contributed by atoms with Gasteiger partial charge in [-0.25, -0.2) is 9.97 Å². The maximum Gasteiger partial charge on any atom is 0.258 e. The molecule has 124 valence electrons. The van der Waals surface area contributed by atoms with E-state index in [9.17, 15) is 10.1 Å². The van der Waals surface area contributed by atoms with Gasteiger partial charge in [0.05, 0.1) is 11.3 Å². The smallest absolute Gasteiger partial charge is 0.258 e. The van der Waals surface area contributed by atoms with Crippen molar-refractivity contribution in [3.8, 4) is 6.07 Å². The number of aromatic nitrogens is 3. The molecule has 0 aliphatic heterocycles. The van der Waals surface area contributed by atoms with E-state index in [1.54, 1.807) is 18.3 Å². The van der Waals surface area contributed by atoms with E-state index in [0.29, 0.717) is 22.7 Å². The van der Waals surface area contributed by atoms with Crippen molar-refractivity contribution in [3.05, 3.63) is 69.4 Å². The van der Waals surface area contributed by atoms with Gasteiger partial charge in [0, 0.05) is 23.7 Å². The second-order valence-electron chi connectivity index (χ2n) is 6.07. The fourth-order valence-electron chi connectivity index (χ4n) is 3.12. The monoisotopic (exact) mass is 348 g/mol. The molecule has 3 aromatic heterocycles. The SMILES string of the molecule is N#Cc1cc2c(nc1SCc1cc(=O)n3ccccc3n1)CCCC2. The van der Waals surface area contributed by atoms with Crippen molar-refractivity contribution in [2.24, 2.45) is 0 Å². The van der Waals surface area contributed by atoms with Crippen molar-refractivity contribution >= 4 is 17.4 Å². The van der Waals surface area contributed by atoms with E-state index < -0.39 is 0 Å². The van der Waals surface area contributed by atoms with Crippen LogP contribution in [0.5, 0.6) is 0 Å². The van der Waals surface area contributed by atoms with Gasteiger partial charge in [-0.15, -0.1) is 0 Å². The number of hydrogen-bond acceptors (Lipinski definition) is 5. The van der Waals surface area contributed by atoms with Crippen LogP contribution in [0, 0.1) is 11.3 Å². The second kappa shape index (κ2) is 6.69. The van der Waals surface area contributed by atoms with Crippen molar-refractivity contribution in [1.29, 1.82) is 5.26 Å². The molecule has 25 heavy (non-hydrogen) atoms. The van der Waals surface area contributed by atoms with Crippen LogP contribution >= 0.6 is 11.8 Å². The van der Waals surface area contributed by atoms with Gasteiger partial charge in [0.2, 0.25) is 0 Å². The average Bonchev–Trinajstić information content (AvgIpc) is 2.65. The highest BCUT2D eigenvalue weighted by molar-refractivity contribution is 7.98. The van der Waals surface area contributed by atoms with E-state index >= 15 is 0 Å². The number of rotatable bonds is 3. The van der Waals surface area contributed by atoms with E-state index in [0.717, 1.165) is 36.4 Å². The van der Waals surface area contributed by atoms with Crippen LogP contribution in [0.15, 0.2) is 46.3 Å². The number of nitriles is 1. The fraction of sp³-hybridized carbons (Fsp3) is 0.263. The maximum atomic E-state index is 12.2. The van der Waals surface area contributed by atoms with Crippen LogP contribution in [0.3, 0.4) is 0 Å². The fourth-order valence-corrected chi connectivity index (χ4v) is 3.99. The lowest BCUT2D eigenvalue weighted by Crippen LogP contribution is -2.14. The molecule has 0 amide bonds. The van der Waals surface area contributed by atoms with Crippen LogP contribution in [0.1, 0.15) is 35.4 Å². The molecule has 5 nitrogen and oxygen atoms in total. The van der Waals surface area contributed by atoms with Gasteiger partial charge in [-0.2, -0.15) is 5.26 Å². The van der Waals surface area contributed by atoms with Crippen molar-refractivity contribution in [3.63, 3.8) is 0 Å². The first-order valence-electron chi connectivity index (χ1n) is 8.27. The molecule has 0 unspecified atom stereocenters. The molecule has 0 aromatic carbocycles. The zero-order chi connectivity index (χ0) is 17.2. The Bertz CT molecular complexity index is 1050. The Morgan fingerprint density at radius 1 is 1.20 bits per heavy atom. The largest absolute Gasteiger partial charge is 0.269 e. The molecule has 0 saturated heterocycles. The highest BCUT2D eigenvalue weighted by Crippen LogP contribution is 2.28. The first-order valence-corrected chi connectivity index (χ1v) is 9.26. The van der Waals surface area contributed by atoms with Gasteiger partial charge < -0.3 is 0 Å². The average molecular weight is 348 g/mol. The lowest BCUT2D eigenvalue weighted by atomic mass is 9.95. The highest BCUT2D eigenvalue weighted by Gasteiger charge is 2.16. The van der Waals surface area contributed by atoms with Gasteiger partial charge in [-0.3, -0.25) is 9.20 Å². The topological polar surface area (TPSA) is 71.0 Å². The van der Waals surface area contributed by atoms with Crippen LogP contribution in [0.25, 0.3) is 5.65 Å². The molecule has 1 aliphatic rings. The minimum absolute atomic E-state index is 0.0971. The van der Waals surface area contributed by atoms with Gasteiger partial charge in [0.25, 0.3) is 5.56 Å². The summed E-state index contributed by atoms with van der Waals surface area (Å²) in [6.07, 6.45) is 6.01.